The zero-order valence-corrected chi connectivity index (χ0v) is 15.0. The second-order valence-corrected chi connectivity index (χ2v) is 7.76. The number of halogens is 1. The largest absolute Gasteiger partial charge is 0.370 e. The number of carbonyl (C=O) groups excluding carboxylic acids is 1. The zero-order valence-electron chi connectivity index (χ0n) is 12.6. The predicted molar refractivity (Wildman–Crippen MR) is 93.7 cm³/mol. The molecule has 2 aromatic rings. The molecule has 0 atom stereocenters. The first-order valence-electron chi connectivity index (χ1n) is 6.94. The van der Waals surface area contributed by atoms with Crippen molar-refractivity contribution in [3.63, 3.8) is 0 Å². The number of amides is 1. The van der Waals surface area contributed by atoms with Crippen molar-refractivity contribution in [2.75, 3.05) is 10.8 Å². The third kappa shape index (κ3) is 4.11. The number of primary amides is 1. The zero-order chi connectivity index (χ0) is 17.0. The van der Waals surface area contributed by atoms with E-state index in [-0.39, 0.29) is 17.9 Å². The second-order valence-electron chi connectivity index (χ2n) is 5.04. The first kappa shape index (κ1) is 17.5. The van der Waals surface area contributed by atoms with Gasteiger partial charge in [-0.3, -0.25) is 9.10 Å². The van der Waals surface area contributed by atoms with Crippen molar-refractivity contribution < 1.29 is 13.2 Å². The van der Waals surface area contributed by atoms with E-state index >= 15 is 0 Å². The highest BCUT2D eigenvalue weighted by Crippen LogP contribution is 2.26. The van der Waals surface area contributed by atoms with E-state index in [1.807, 2.05) is 6.92 Å². The molecule has 122 valence electrons. The minimum Gasteiger partial charge on any atom is -0.370 e. The molecule has 0 saturated carbocycles. The van der Waals surface area contributed by atoms with E-state index < -0.39 is 15.9 Å². The van der Waals surface area contributed by atoms with Crippen LogP contribution in [0.5, 0.6) is 0 Å². The highest BCUT2D eigenvalue weighted by atomic mass is 79.9. The fourth-order valence-corrected chi connectivity index (χ4v) is 3.90. The molecule has 2 aromatic carbocycles. The van der Waals surface area contributed by atoms with Crippen LogP contribution in [0.4, 0.5) is 5.69 Å². The number of hydrogen-bond donors (Lipinski definition) is 1. The van der Waals surface area contributed by atoms with E-state index in [0.29, 0.717) is 5.69 Å². The Morgan fingerprint density at radius 3 is 2.39 bits per heavy atom. The molecule has 0 aliphatic heterocycles. The highest BCUT2D eigenvalue weighted by Gasteiger charge is 2.25. The lowest BCUT2D eigenvalue weighted by Crippen LogP contribution is -2.34. The van der Waals surface area contributed by atoms with E-state index in [1.54, 1.807) is 42.5 Å². The number of para-hydroxylation sites is 1. The van der Waals surface area contributed by atoms with Crippen molar-refractivity contribution in [1.82, 2.24) is 0 Å². The van der Waals surface area contributed by atoms with Crippen molar-refractivity contribution in [3.05, 3.63) is 58.6 Å². The number of nitrogens with zero attached hydrogens (tertiary/aromatic N) is 1. The third-order valence-corrected chi connectivity index (χ3v) is 6.04. The lowest BCUT2D eigenvalue weighted by Gasteiger charge is -2.24. The maximum Gasteiger partial charge on any atom is 0.264 e. The SMILES string of the molecule is Cc1cc(S(=O)(=O)N(CCC(N)=O)c2ccccc2)ccc1Br. The number of aryl methyl sites for hydroxylation is 1. The van der Waals surface area contributed by atoms with Crippen LogP contribution in [0.3, 0.4) is 0 Å². The normalized spacial score (nSPS) is 11.2. The van der Waals surface area contributed by atoms with E-state index in [0.717, 1.165) is 10.0 Å². The van der Waals surface area contributed by atoms with Gasteiger partial charge in [0.2, 0.25) is 5.91 Å². The summed E-state index contributed by atoms with van der Waals surface area (Å²) in [6.45, 7) is 1.82. The molecular weight excluding hydrogens is 380 g/mol. The summed E-state index contributed by atoms with van der Waals surface area (Å²) in [5.41, 5.74) is 6.49. The lowest BCUT2D eigenvalue weighted by molar-refractivity contribution is -0.117. The van der Waals surface area contributed by atoms with Gasteiger partial charge in [-0.15, -0.1) is 0 Å². The summed E-state index contributed by atoms with van der Waals surface area (Å²) in [4.78, 5) is 11.3. The first-order chi connectivity index (χ1) is 10.8. The van der Waals surface area contributed by atoms with E-state index in [1.165, 1.54) is 10.4 Å². The third-order valence-electron chi connectivity index (χ3n) is 3.32. The Hall–Kier alpha value is -1.86. The summed E-state index contributed by atoms with van der Waals surface area (Å²) < 4.78 is 28.0. The van der Waals surface area contributed by atoms with Crippen LogP contribution in [0.1, 0.15) is 12.0 Å². The quantitative estimate of drug-likeness (QED) is 0.814. The summed E-state index contributed by atoms with van der Waals surface area (Å²) >= 11 is 3.36. The minimum atomic E-state index is -3.78. The number of benzene rings is 2. The number of carbonyl (C=O) groups is 1. The molecule has 2 rings (SSSR count). The molecule has 0 aromatic heterocycles. The number of hydrogen-bond acceptors (Lipinski definition) is 3. The van der Waals surface area contributed by atoms with Gasteiger partial charge in [0.1, 0.15) is 0 Å². The molecule has 0 unspecified atom stereocenters. The van der Waals surface area contributed by atoms with Crippen LogP contribution in [-0.2, 0) is 14.8 Å². The average Bonchev–Trinajstić information content (AvgIpc) is 2.50. The fraction of sp³-hybridized carbons (Fsp3) is 0.188. The summed E-state index contributed by atoms with van der Waals surface area (Å²) in [6, 6.07) is 13.5. The molecule has 0 aliphatic rings. The molecule has 0 aliphatic carbocycles. The monoisotopic (exact) mass is 396 g/mol. The Labute approximate surface area is 144 Å². The van der Waals surface area contributed by atoms with Crippen LogP contribution < -0.4 is 10.0 Å². The summed E-state index contributed by atoms with van der Waals surface area (Å²) in [7, 11) is -3.78. The smallest absolute Gasteiger partial charge is 0.264 e. The van der Waals surface area contributed by atoms with Gasteiger partial charge in [0.15, 0.2) is 0 Å². The Kier molecular flexibility index (Phi) is 5.43. The predicted octanol–water partition coefficient (Wildman–Crippen LogP) is 2.83. The van der Waals surface area contributed by atoms with Crippen molar-refractivity contribution in [3.8, 4) is 0 Å². The average molecular weight is 397 g/mol. The molecule has 0 heterocycles. The fourth-order valence-electron chi connectivity index (χ4n) is 2.10. The van der Waals surface area contributed by atoms with Gasteiger partial charge in [-0.1, -0.05) is 34.1 Å². The first-order valence-corrected chi connectivity index (χ1v) is 9.18. The van der Waals surface area contributed by atoms with Gasteiger partial charge in [0.25, 0.3) is 10.0 Å². The van der Waals surface area contributed by atoms with Crippen LogP contribution in [0, 0.1) is 6.92 Å². The Morgan fingerprint density at radius 1 is 1.17 bits per heavy atom. The molecule has 0 spiro atoms. The Bertz CT molecular complexity index is 807. The molecule has 7 heteroatoms. The maximum absolute atomic E-state index is 13.0. The molecule has 1 amide bonds. The molecule has 0 bridgehead atoms. The molecule has 0 saturated heterocycles. The van der Waals surface area contributed by atoms with Gasteiger partial charge < -0.3 is 5.73 Å². The van der Waals surface area contributed by atoms with Crippen LogP contribution in [0.15, 0.2) is 57.9 Å². The lowest BCUT2D eigenvalue weighted by atomic mass is 10.2. The molecule has 23 heavy (non-hydrogen) atoms. The van der Waals surface area contributed by atoms with E-state index in [4.69, 9.17) is 5.73 Å². The van der Waals surface area contributed by atoms with Crippen LogP contribution in [-0.4, -0.2) is 20.9 Å². The standard InChI is InChI=1S/C16H17BrN2O3S/c1-12-11-14(7-8-15(12)17)23(21,22)19(10-9-16(18)20)13-5-3-2-4-6-13/h2-8,11H,9-10H2,1H3,(H2,18,20). The second kappa shape index (κ2) is 7.14. The van der Waals surface area contributed by atoms with Crippen molar-refractivity contribution in [2.45, 2.75) is 18.2 Å². The summed E-state index contributed by atoms with van der Waals surface area (Å²) in [5.74, 6) is -0.548. The minimum absolute atomic E-state index is 0.00318. The van der Waals surface area contributed by atoms with E-state index in [2.05, 4.69) is 15.9 Å². The molecular formula is C16H17BrN2O3S. The number of nitrogens with two attached hydrogens (primary N) is 1. The number of rotatable bonds is 6. The number of sulfonamides is 1. The van der Waals surface area contributed by atoms with Crippen molar-refractivity contribution in [1.29, 1.82) is 0 Å². The molecule has 0 fully saturated rings. The molecule has 2 N–H and O–H groups in total. The van der Waals surface area contributed by atoms with Gasteiger partial charge in [-0.25, -0.2) is 8.42 Å². The Balaban J connectivity index is 2.47. The molecule has 0 radical (unpaired) electrons. The van der Waals surface area contributed by atoms with Gasteiger partial charge >= 0.3 is 0 Å². The van der Waals surface area contributed by atoms with Crippen LogP contribution in [0.25, 0.3) is 0 Å². The van der Waals surface area contributed by atoms with Gasteiger partial charge in [-0.2, -0.15) is 0 Å². The summed E-state index contributed by atoms with van der Waals surface area (Å²) in [6.07, 6.45) is -0.0519. The van der Waals surface area contributed by atoms with Crippen LogP contribution >= 0.6 is 15.9 Å². The number of anilines is 1. The highest BCUT2D eigenvalue weighted by molar-refractivity contribution is 9.10. The van der Waals surface area contributed by atoms with Gasteiger partial charge in [0.05, 0.1) is 10.6 Å². The summed E-state index contributed by atoms with van der Waals surface area (Å²) in [5, 5.41) is 0. The van der Waals surface area contributed by atoms with Crippen molar-refractivity contribution >= 4 is 37.5 Å². The van der Waals surface area contributed by atoms with Gasteiger partial charge in [-0.05, 0) is 42.8 Å². The molecule has 5 nitrogen and oxygen atoms in total. The van der Waals surface area contributed by atoms with E-state index in [9.17, 15) is 13.2 Å². The topological polar surface area (TPSA) is 80.5 Å². The van der Waals surface area contributed by atoms with Crippen molar-refractivity contribution in [2.24, 2.45) is 5.73 Å². The Morgan fingerprint density at radius 2 is 1.83 bits per heavy atom. The van der Waals surface area contributed by atoms with Gasteiger partial charge in [0, 0.05) is 17.4 Å². The maximum atomic E-state index is 13.0. The van der Waals surface area contributed by atoms with Crippen LogP contribution in [0.2, 0.25) is 0 Å².